The van der Waals surface area contributed by atoms with Gasteiger partial charge in [0.2, 0.25) is 11.8 Å². The van der Waals surface area contributed by atoms with E-state index in [1.165, 1.54) is 23.1 Å². The van der Waals surface area contributed by atoms with Gasteiger partial charge in [0, 0.05) is 27.7 Å². The van der Waals surface area contributed by atoms with Gasteiger partial charge in [-0.05, 0) is 74.1 Å². The fourth-order valence-electron chi connectivity index (χ4n) is 6.42. The van der Waals surface area contributed by atoms with E-state index < -0.39 is 35.2 Å². The van der Waals surface area contributed by atoms with E-state index in [4.69, 9.17) is 11.6 Å². The Kier molecular flexibility index (Phi) is 5.54. The van der Waals surface area contributed by atoms with E-state index in [1.807, 2.05) is 13.0 Å². The molecule has 1 aliphatic heterocycles. The molecule has 0 saturated carbocycles. The largest absolute Gasteiger partial charge is 0.505 e. The van der Waals surface area contributed by atoms with Crippen LogP contribution in [0.5, 0.6) is 5.75 Å². The molecule has 2 aromatic carbocycles. The number of fused-ring (bicyclic) bond motifs is 3. The number of benzene rings is 2. The molecule has 1 N–H and O–H groups in total. The average molecular weight is 532 g/mol. The molecule has 6 nitrogen and oxygen atoms in total. The molecule has 4 aliphatic rings. The lowest BCUT2D eigenvalue weighted by atomic mass is 9.59. The van der Waals surface area contributed by atoms with Crippen molar-refractivity contribution in [3.8, 4) is 5.75 Å². The molecule has 8 heteroatoms. The summed E-state index contributed by atoms with van der Waals surface area (Å²) in [6.07, 6.45) is 3.57. The highest BCUT2D eigenvalue weighted by Gasteiger charge is 2.56. The van der Waals surface area contributed by atoms with Crippen molar-refractivity contribution in [2.75, 3.05) is 4.90 Å². The molecular weight excluding hydrogens is 509 g/mol. The number of rotatable bonds is 2. The fourth-order valence-corrected chi connectivity index (χ4v) is 6.59. The summed E-state index contributed by atoms with van der Waals surface area (Å²) in [4.78, 5) is 55.1. The molecule has 0 unspecified atom stereocenters. The Morgan fingerprint density at radius 2 is 1.76 bits per heavy atom. The number of allylic oxidation sites excluding steroid dienone is 6. The first-order valence-corrected chi connectivity index (χ1v) is 12.8. The van der Waals surface area contributed by atoms with E-state index in [1.54, 1.807) is 25.1 Å². The minimum absolute atomic E-state index is 0.134. The number of aromatic hydroxyl groups is 1. The Morgan fingerprint density at radius 1 is 1.00 bits per heavy atom. The maximum absolute atomic E-state index is 14.5. The Morgan fingerprint density at radius 3 is 2.47 bits per heavy atom. The second-order valence-electron chi connectivity index (χ2n) is 10.4. The van der Waals surface area contributed by atoms with Crippen LogP contribution >= 0.6 is 11.6 Å². The first-order valence-electron chi connectivity index (χ1n) is 12.4. The number of amides is 2. The number of hydrogen-bond acceptors (Lipinski definition) is 5. The molecule has 1 fully saturated rings. The van der Waals surface area contributed by atoms with Crippen LogP contribution in [0, 0.1) is 30.5 Å². The number of hydrogen-bond donors (Lipinski definition) is 1. The van der Waals surface area contributed by atoms with E-state index >= 15 is 0 Å². The predicted octanol–water partition coefficient (Wildman–Crippen LogP) is 5.13. The third-order valence-electron chi connectivity index (χ3n) is 8.28. The number of phenols is 1. The molecule has 2 aromatic rings. The van der Waals surface area contributed by atoms with Crippen LogP contribution in [-0.4, -0.2) is 28.5 Å². The smallest absolute Gasteiger partial charge is 0.238 e. The normalized spacial score (nSPS) is 26.7. The molecule has 0 aromatic heterocycles. The van der Waals surface area contributed by atoms with Crippen LogP contribution in [-0.2, 0) is 19.2 Å². The molecule has 6 rings (SSSR count). The standard InChI is InChI=1S/C30H23ClFNO5/c1-13-3-5-16(11-21(13)31)33-29(37)18-7-6-17-19(26(18)30(33)38)12-20-24(35)9-14(2)28(36)27(20)25(17)15-4-8-23(34)22(32)10-15/h3-6,8-11,18-19,25-26,34H,7,12H2,1-2H3/t18-,19+,25-,26-/m0/s1. The van der Waals surface area contributed by atoms with Crippen molar-refractivity contribution in [2.45, 2.75) is 32.6 Å². The van der Waals surface area contributed by atoms with Gasteiger partial charge >= 0.3 is 0 Å². The lowest BCUT2D eigenvalue weighted by Gasteiger charge is -2.42. The topological polar surface area (TPSA) is 91.8 Å². The zero-order valence-corrected chi connectivity index (χ0v) is 21.4. The number of carbonyl (C=O) groups excluding carboxylic acids is 4. The summed E-state index contributed by atoms with van der Waals surface area (Å²) >= 11 is 6.29. The second-order valence-corrected chi connectivity index (χ2v) is 10.8. The Labute approximate surface area is 223 Å². The number of carbonyl (C=O) groups is 4. The van der Waals surface area contributed by atoms with Crippen LogP contribution in [0.25, 0.3) is 0 Å². The number of phenolic OH excluding ortho intramolecular Hbond substituents is 1. The highest BCUT2D eigenvalue weighted by molar-refractivity contribution is 6.32. The highest BCUT2D eigenvalue weighted by atomic mass is 35.5. The minimum atomic E-state index is -0.850. The molecule has 0 spiro atoms. The number of Topliss-reactive ketones (excluding diaryl/α,β-unsaturated/α-hetero) is 1. The summed E-state index contributed by atoms with van der Waals surface area (Å²) in [7, 11) is 0. The van der Waals surface area contributed by atoms with E-state index in [-0.39, 0.29) is 41.8 Å². The molecular formula is C30H23ClFNO5. The van der Waals surface area contributed by atoms with Crippen LogP contribution in [0.15, 0.2) is 70.8 Å². The number of imide groups is 1. The van der Waals surface area contributed by atoms with E-state index in [2.05, 4.69) is 0 Å². The Bertz CT molecular complexity index is 1580. The Hall–Kier alpha value is -3.84. The summed E-state index contributed by atoms with van der Waals surface area (Å²) in [6.45, 7) is 3.40. The van der Waals surface area contributed by atoms with Gasteiger partial charge in [-0.3, -0.25) is 19.2 Å². The van der Waals surface area contributed by atoms with E-state index in [0.717, 1.165) is 17.2 Å². The number of halogens is 2. The van der Waals surface area contributed by atoms with Crippen molar-refractivity contribution in [1.29, 1.82) is 0 Å². The summed E-state index contributed by atoms with van der Waals surface area (Å²) < 4.78 is 14.5. The molecule has 3 aliphatic carbocycles. The highest BCUT2D eigenvalue weighted by Crippen LogP contribution is 2.55. The molecule has 0 radical (unpaired) electrons. The van der Waals surface area contributed by atoms with Gasteiger partial charge in [-0.1, -0.05) is 35.4 Å². The van der Waals surface area contributed by atoms with Crippen LogP contribution in [0.3, 0.4) is 0 Å². The molecule has 4 atom stereocenters. The van der Waals surface area contributed by atoms with Crippen LogP contribution in [0.1, 0.15) is 36.8 Å². The van der Waals surface area contributed by atoms with Gasteiger partial charge in [-0.2, -0.15) is 0 Å². The third kappa shape index (κ3) is 3.45. The minimum Gasteiger partial charge on any atom is -0.505 e. The van der Waals surface area contributed by atoms with Crippen LogP contribution < -0.4 is 4.90 Å². The first kappa shape index (κ1) is 24.5. The maximum atomic E-state index is 14.5. The van der Waals surface area contributed by atoms with Crippen molar-refractivity contribution in [1.82, 2.24) is 0 Å². The van der Waals surface area contributed by atoms with Gasteiger partial charge in [0.05, 0.1) is 17.5 Å². The van der Waals surface area contributed by atoms with Gasteiger partial charge in [0.15, 0.2) is 23.1 Å². The van der Waals surface area contributed by atoms with Gasteiger partial charge in [0.1, 0.15) is 0 Å². The zero-order chi connectivity index (χ0) is 27.0. The van der Waals surface area contributed by atoms with Crippen LogP contribution in [0.2, 0.25) is 5.02 Å². The lowest BCUT2D eigenvalue weighted by Crippen LogP contribution is -2.39. The Balaban J connectivity index is 1.49. The van der Waals surface area contributed by atoms with Crippen molar-refractivity contribution in [3.63, 3.8) is 0 Å². The average Bonchev–Trinajstić information content (AvgIpc) is 3.14. The van der Waals surface area contributed by atoms with Crippen molar-refractivity contribution >= 4 is 40.7 Å². The monoisotopic (exact) mass is 531 g/mol. The first-order chi connectivity index (χ1) is 18.1. The third-order valence-corrected chi connectivity index (χ3v) is 8.69. The molecule has 0 bridgehead atoms. The predicted molar refractivity (Wildman–Crippen MR) is 138 cm³/mol. The van der Waals surface area contributed by atoms with Gasteiger partial charge in [-0.15, -0.1) is 0 Å². The van der Waals surface area contributed by atoms with E-state index in [9.17, 15) is 28.7 Å². The molecule has 38 heavy (non-hydrogen) atoms. The quantitative estimate of drug-likeness (QED) is 0.330. The summed E-state index contributed by atoms with van der Waals surface area (Å²) in [6, 6.07) is 8.93. The maximum Gasteiger partial charge on any atom is 0.238 e. The number of aryl methyl sites for hydroxylation is 1. The number of nitrogens with zero attached hydrogens (tertiary/aromatic N) is 1. The van der Waals surface area contributed by atoms with E-state index in [0.29, 0.717) is 27.4 Å². The molecule has 1 heterocycles. The summed E-state index contributed by atoms with van der Waals surface area (Å²) in [5.74, 6) is -5.37. The van der Waals surface area contributed by atoms with Gasteiger partial charge in [0.25, 0.3) is 0 Å². The second kappa shape index (κ2) is 8.60. The van der Waals surface area contributed by atoms with Gasteiger partial charge < -0.3 is 5.11 Å². The SMILES string of the molecule is CC1=CC(=O)C2=C(C1=O)[C@@H](c1ccc(O)c(F)c1)C1=CC[C@@H]3C(=O)N(c4ccc(C)c(Cl)c4)C(=O)[C@@H]3[C@@H]1C2. The fraction of sp³-hybridized carbons (Fsp3) is 0.267. The zero-order valence-electron chi connectivity index (χ0n) is 20.6. The summed E-state index contributed by atoms with van der Waals surface area (Å²) in [5.41, 5.74) is 3.18. The van der Waals surface area contributed by atoms with Gasteiger partial charge in [-0.25, -0.2) is 9.29 Å². The molecule has 1 saturated heterocycles. The molecule has 192 valence electrons. The number of anilines is 1. The van der Waals surface area contributed by atoms with Crippen LogP contribution in [0.4, 0.5) is 10.1 Å². The van der Waals surface area contributed by atoms with Crippen molar-refractivity contribution in [2.24, 2.45) is 17.8 Å². The van der Waals surface area contributed by atoms with Crippen molar-refractivity contribution in [3.05, 3.63) is 92.8 Å². The summed E-state index contributed by atoms with van der Waals surface area (Å²) in [5, 5.41) is 10.2. The molecule has 2 amide bonds. The number of ketones is 2. The lowest BCUT2D eigenvalue weighted by molar-refractivity contribution is -0.123. The van der Waals surface area contributed by atoms with Crippen molar-refractivity contribution < 1.29 is 28.7 Å².